The number of carbonyl (C=O) groups excluding carboxylic acids is 1. The highest BCUT2D eigenvalue weighted by Crippen LogP contribution is 2.20. The molecule has 1 aromatic carbocycles. The van der Waals surface area contributed by atoms with E-state index in [0.717, 1.165) is 25.9 Å². The maximum absolute atomic E-state index is 12.4. The number of nitrogens with zero attached hydrogens (tertiary/aromatic N) is 2. The molecule has 0 atom stereocenters. The molecule has 2 aromatic rings. The van der Waals surface area contributed by atoms with Crippen molar-refractivity contribution < 1.29 is 4.79 Å². The number of hydrogen-bond acceptors (Lipinski definition) is 1. The van der Waals surface area contributed by atoms with Crippen LogP contribution in [-0.2, 0) is 31.2 Å². The minimum absolute atomic E-state index is 0.271. The quantitative estimate of drug-likeness (QED) is 0.850. The van der Waals surface area contributed by atoms with Gasteiger partial charge >= 0.3 is 0 Å². The van der Waals surface area contributed by atoms with Gasteiger partial charge in [0, 0.05) is 44.9 Å². The van der Waals surface area contributed by atoms with E-state index in [9.17, 15) is 4.79 Å². The molecule has 3 rings (SSSR count). The maximum atomic E-state index is 12.4. The first kappa shape index (κ1) is 13.9. The van der Waals surface area contributed by atoms with Crippen molar-refractivity contribution in [2.75, 3.05) is 6.54 Å². The second kappa shape index (κ2) is 5.76. The molecule has 110 valence electrons. The summed E-state index contributed by atoms with van der Waals surface area (Å²) in [7, 11) is 2.08. The number of rotatable bonds is 3. The van der Waals surface area contributed by atoms with Gasteiger partial charge in [-0.3, -0.25) is 4.79 Å². The Morgan fingerprint density at radius 1 is 1.24 bits per heavy atom. The fourth-order valence-electron chi connectivity index (χ4n) is 3.12. The monoisotopic (exact) mass is 282 g/mol. The van der Waals surface area contributed by atoms with Crippen molar-refractivity contribution in [3.8, 4) is 0 Å². The van der Waals surface area contributed by atoms with E-state index in [4.69, 9.17) is 0 Å². The van der Waals surface area contributed by atoms with Gasteiger partial charge in [0.1, 0.15) is 0 Å². The van der Waals surface area contributed by atoms with Crippen molar-refractivity contribution in [3.05, 3.63) is 58.9 Å². The number of aryl methyl sites for hydroxylation is 3. The van der Waals surface area contributed by atoms with Crippen molar-refractivity contribution in [1.29, 1.82) is 0 Å². The van der Waals surface area contributed by atoms with Gasteiger partial charge in [0.25, 0.3) is 0 Å². The topological polar surface area (TPSA) is 25.2 Å². The molecule has 3 nitrogen and oxygen atoms in total. The molecule has 1 aliphatic heterocycles. The van der Waals surface area contributed by atoms with Gasteiger partial charge in [-0.05, 0) is 36.1 Å². The number of benzene rings is 1. The predicted octanol–water partition coefficient (Wildman–Crippen LogP) is 2.85. The molecule has 21 heavy (non-hydrogen) atoms. The Bertz CT molecular complexity index is 657. The Hall–Kier alpha value is -2.03. The van der Waals surface area contributed by atoms with E-state index in [2.05, 4.69) is 42.9 Å². The lowest BCUT2D eigenvalue weighted by atomic mass is 10.0. The third-order valence-electron chi connectivity index (χ3n) is 4.50. The van der Waals surface area contributed by atoms with Crippen LogP contribution in [0.2, 0.25) is 0 Å². The summed E-state index contributed by atoms with van der Waals surface area (Å²) >= 11 is 0. The molecule has 0 radical (unpaired) electrons. The highest BCUT2D eigenvalue weighted by atomic mass is 16.2. The van der Waals surface area contributed by atoms with E-state index >= 15 is 0 Å². The molecule has 0 unspecified atom stereocenters. The van der Waals surface area contributed by atoms with Crippen molar-refractivity contribution >= 4 is 5.91 Å². The van der Waals surface area contributed by atoms with Crippen LogP contribution in [0.3, 0.4) is 0 Å². The van der Waals surface area contributed by atoms with Crippen LogP contribution in [0.4, 0.5) is 0 Å². The van der Waals surface area contributed by atoms with Crippen LogP contribution in [0.5, 0.6) is 0 Å². The SMILES string of the molecule is Cc1ccccc1CCC(=O)N1CCc2c(ccn2C)C1. The summed E-state index contributed by atoms with van der Waals surface area (Å²) in [5, 5.41) is 0. The van der Waals surface area contributed by atoms with E-state index < -0.39 is 0 Å². The summed E-state index contributed by atoms with van der Waals surface area (Å²) < 4.78 is 2.17. The standard InChI is InChI=1S/C18H22N2O/c1-14-5-3-4-6-15(14)7-8-18(21)20-12-10-17-16(13-20)9-11-19(17)2/h3-6,9,11H,7-8,10,12-13H2,1-2H3. The molecule has 1 aliphatic rings. The molecule has 0 saturated heterocycles. The zero-order valence-electron chi connectivity index (χ0n) is 12.8. The summed E-state index contributed by atoms with van der Waals surface area (Å²) in [5.41, 5.74) is 5.23. The summed E-state index contributed by atoms with van der Waals surface area (Å²) in [6.45, 7) is 3.72. The summed E-state index contributed by atoms with van der Waals surface area (Å²) in [5.74, 6) is 0.271. The molecule has 0 bridgehead atoms. The van der Waals surface area contributed by atoms with Crippen LogP contribution < -0.4 is 0 Å². The largest absolute Gasteiger partial charge is 0.354 e. The first-order chi connectivity index (χ1) is 10.1. The first-order valence-electron chi connectivity index (χ1n) is 7.60. The number of carbonyl (C=O) groups is 1. The lowest BCUT2D eigenvalue weighted by Crippen LogP contribution is -2.36. The van der Waals surface area contributed by atoms with Crippen molar-refractivity contribution in [2.24, 2.45) is 7.05 Å². The van der Waals surface area contributed by atoms with Crippen molar-refractivity contribution in [1.82, 2.24) is 9.47 Å². The molecule has 0 N–H and O–H groups in total. The van der Waals surface area contributed by atoms with E-state index in [1.165, 1.54) is 22.4 Å². The van der Waals surface area contributed by atoms with E-state index in [0.29, 0.717) is 6.42 Å². The van der Waals surface area contributed by atoms with Gasteiger partial charge < -0.3 is 9.47 Å². The second-order valence-electron chi connectivity index (χ2n) is 5.89. The van der Waals surface area contributed by atoms with Crippen LogP contribution in [0.15, 0.2) is 36.5 Å². The average Bonchev–Trinajstić information content (AvgIpc) is 2.87. The van der Waals surface area contributed by atoms with Gasteiger partial charge in [0.05, 0.1) is 0 Å². The number of fused-ring (bicyclic) bond motifs is 1. The lowest BCUT2D eigenvalue weighted by Gasteiger charge is -2.28. The average molecular weight is 282 g/mol. The fraction of sp³-hybridized carbons (Fsp3) is 0.389. The predicted molar refractivity (Wildman–Crippen MR) is 84.0 cm³/mol. The molecular weight excluding hydrogens is 260 g/mol. The van der Waals surface area contributed by atoms with E-state index in [-0.39, 0.29) is 5.91 Å². The highest BCUT2D eigenvalue weighted by Gasteiger charge is 2.22. The third-order valence-corrected chi connectivity index (χ3v) is 4.50. The molecule has 3 heteroatoms. The van der Waals surface area contributed by atoms with Gasteiger partial charge in [0.2, 0.25) is 5.91 Å². The van der Waals surface area contributed by atoms with Crippen molar-refractivity contribution in [2.45, 2.75) is 32.7 Å². The molecule has 0 fully saturated rings. The molecule has 0 aliphatic carbocycles. The van der Waals surface area contributed by atoms with Gasteiger partial charge in [-0.1, -0.05) is 24.3 Å². The smallest absolute Gasteiger partial charge is 0.223 e. The normalized spacial score (nSPS) is 14.1. The van der Waals surface area contributed by atoms with Gasteiger partial charge in [-0.2, -0.15) is 0 Å². The van der Waals surface area contributed by atoms with Crippen LogP contribution in [-0.4, -0.2) is 21.9 Å². The summed E-state index contributed by atoms with van der Waals surface area (Å²) in [6.07, 6.45) is 4.50. The van der Waals surface area contributed by atoms with E-state index in [1.54, 1.807) is 0 Å². The van der Waals surface area contributed by atoms with Crippen LogP contribution in [0.1, 0.15) is 28.8 Å². The van der Waals surface area contributed by atoms with Gasteiger partial charge in [0.15, 0.2) is 0 Å². The Morgan fingerprint density at radius 2 is 2.05 bits per heavy atom. The molecule has 2 heterocycles. The first-order valence-corrected chi connectivity index (χ1v) is 7.60. The van der Waals surface area contributed by atoms with E-state index in [1.807, 2.05) is 17.0 Å². The summed E-state index contributed by atoms with van der Waals surface area (Å²) in [4.78, 5) is 14.4. The number of aromatic nitrogens is 1. The lowest BCUT2D eigenvalue weighted by molar-refractivity contribution is -0.132. The Labute approximate surface area is 126 Å². The maximum Gasteiger partial charge on any atom is 0.223 e. The zero-order chi connectivity index (χ0) is 14.8. The van der Waals surface area contributed by atoms with Crippen LogP contribution in [0, 0.1) is 6.92 Å². The highest BCUT2D eigenvalue weighted by molar-refractivity contribution is 5.76. The van der Waals surface area contributed by atoms with Crippen LogP contribution >= 0.6 is 0 Å². The second-order valence-corrected chi connectivity index (χ2v) is 5.89. The Morgan fingerprint density at radius 3 is 2.86 bits per heavy atom. The van der Waals surface area contributed by atoms with Crippen molar-refractivity contribution in [3.63, 3.8) is 0 Å². The molecule has 1 aromatic heterocycles. The molecule has 0 saturated carbocycles. The van der Waals surface area contributed by atoms with Gasteiger partial charge in [-0.25, -0.2) is 0 Å². The zero-order valence-corrected chi connectivity index (χ0v) is 12.8. The number of hydrogen-bond donors (Lipinski definition) is 0. The third kappa shape index (κ3) is 2.87. The minimum atomic E-state index is 0.271. The van der Waals surface area contributed by atoms with Gasteiger partial charge in [-0.15, -0.1) is 0 Å². The molecule has 1 amide bonds. The fourth-order valence-corrected chi connectivity index (χ4v) is 3.12. The minimum Gasteiger partial charge on any atom is -0.354 e. The molecule has 0 spiro atoms. The Kier molecular flexibility index (Phi) is 3.82. The molecular formula is C18H22N2O. The van der Waals surface area contributed by atoms with Crippen LogP contribution in [0.25, 0.3) is 0 Å². The Balaban J connectivity index is 1.61. The summed E-state index contributed by atoms with van der Waals surface area (Å²) in [6, 6.07) is 10.5. The number of amides is 1.